The Hall–Kier alpha value is -3.41. The van der Waals surface area contributed by atoms with Gasteiger partial charge in [-0.15, -0.1) is 0 Å². The smallest absolute Gasteiger partial charge is 0.337 e. The first-order valence-corrected chi connectivity index (χ1v) is 8.73. The second-order valence-electron chi connectivity index (χ2n) is 6.02. The van der Waals surface area contributed by atoms with E-state index in [0.29, 0.717) is 17.3 Å². The number of anilines is 4. The summed E-state index contributed by atoms with van der Waals surface area (Å²) in [4.78, 5) is 22.6. The van der Waals surface area contributed by atoms with Crippen molar-refractivity contribution in [3.05, 3.63) is 71.9 Å². The monoisotopic (exact) mass is 362 g/mol. The van der Waals surface area contributed by atoms with Gasteiger partial charge in [0.1, 0.15) is 5.82 Å². The maximum absolute atomic E-state index is 11.5. The molecule has 27 heavy (non-hydrogen) atoms. The molecule has 0 amide bonds. The summed E-state index contributed by atoms with van der Waals surface area (Å²) in [5.74, 6) is 0.943. The SMILES string of the molecule is CCN(c1cccc(C)c1)c1nccc(Nc2ccc(C(=O)OC)cc2)n1. The molecule has 0 aliphatic heterocycles. The summed E-state index contributed by atoms with van der Waals surface area (Å²) >= 11 is 0. The third-order valence-corrected chi connectivity index (χ3v) is 4.09. The second kappa shape index (κ2) is 8.31. The second-order valence-corrected chi connectivity index (χ2v) is 6.02. The van der Waals surface area contributed by atoms with Crippen molar-refractivity contribution < 1.29 is 9.53 Å². The number of aromatic nitrogens is 2. The van der Waals surface area contributed by atoms with Gasteiger partial charge in [0.15, 0.2) is 0 Å². The molecule has 1 aromatic heterocycles. The van der Waals surface area contributed by atoms with Gasteiger partial charge in [0, 0.05) is 24.1 Å². The van der Waals surface area contributed by atoms with Gasteiger partial charge in [-0.2, -0.15) is 4.98 Å². The lowest BCUT2D eigenvalue weighted by Crippen LogP contribution is -2.19. The number of ether oxygens (including phenoxy) is 1. The van der Waals surface area contributed by atoms with Gasteiger partial charge >= 0.3 is 5.97 Å². The van der Waals surface area contributed by atoms with Gasteiger partial charge in [0.2, 0.25) is 5.95 Å². The number of rotatable bonds is 6. The van der Waals surface area contributed by atoms with Crippen LogP contribution in [0.1, 0.15) is 22.8 Å². The molecule has 6 heteroatoms. The highest BCUT2D eigenvalue weighted by Crippen LogP contribution is 2.24. The summed E-state index contributed by atoms with van der Waals surface area (Å²) in [6, 6.07) is 17.1. The lowest BCUT2D eigenvalue weighted by atomic mass is 10.2. The van der Waals surface area contributed by atoms with Crippen LogP contribution in [0.4, 0.5) is 23.1 Å². The molecule has 0 unspecified atom stereocenters. The molecule has 3 aromatic rings. The molecule has 0 spiro atoms. The van der Waals surface area contributed by atoms with Crippen molar-refractivity contribution in [1.29, 1.82) is 0 Å². The first-order chi connectivity index (χ1) is 13.1. The first kappa shape index (κ1) is 18.4. The Labute approximate surface area is 158 Å². The van der Waals surface area contributed by atoms with Crippen molar-refractivity contribution in [1.82, 2.24) is 9.97 Å². The Kier molecular flexibility index (Phi) is 5.66. The number of esters is 1. The molecule has 0 aliphatic carbocycles. The highest BCUT2D eigenvalue weighted by Gasteiger charge is 2.11. The first-order valence-electron chi connectivity index (χ1n) is 8.73. The van der Waals surface area contributed by atoms with Crippen molar-refractivity contribution in [2.45, 2.75) is 13.8 Å². The molecule has 0 bridgehead atoms. The van der Waals surface area contributed by atoms with E-state index in [4.69, 9.17) is 4.74 Å². The summed E-state index contributed by atoms with van der Waals surface area (Å²) in [7, 11) is 1.37. The van der Waals surface area contributed by atoms with E-state index < -0.39 is 0 Å². The summed E-state index contributed by atoms with van der Waals surface area (Å²) < 4.78 is 4.71. The Morgan fingerprint density at radius 3 is 2.59 bits per heavy atom. The Morgan fingerprint density at radius 1 is 1.15 bits per heavy atom. The average molecular weight is 362 g/mol. The van der Waals surface area contributed by atoms with Crippen LogP contribution < -0.4 is 10.2 Å². The Morgan fingerprint density at radius 2 is 1.93 bits per heavy atom. The van der Waals surface area contributed by atoms with Crippen LogP contribution in [-0.2, 0) is 4.74 Å². The van der Waals surface area contributed by atoms with Crippen LogP contribution in [0.5, 0.6) is 0 Å². The zero-order valence-electron chi connectivity index (χ0n) is 15.6. The zero-order valence-corrected chi connectivity index (χ0v) is 15.6. The minimum atomic E-state index is -0.359. The molecule has 0 radical (unpaired) electrons. The number of hydrogen-bond donors (Lipinski definition) is 1. The molecular weight excluding hydrogens is 340 g/mol. The quantitative estimate of drug-likeness (QED) is 0.653. The van der Waals surface area contributed by atoms with E-state index in [-0.39, 0.29) is 5.97 Å². The Balaban J connectivity index is 1.81. The topological polar surface area (TPSA) is 67.4 Å². The van der Waals surface area contributed by atoms with Gasteiger partial charge in [0.25, 0.3) is 0 Å². The highest BCUT2D eigenvalue weighted by molar-refractivity contribution is 5.89. The van der Waals surface area contributed by atoms with E-state index >= 15 is 0 Å². The predicted octanol–water partition coefficient (Wildman–Crippen LogP) is 4.47. The molecule has 1 N–H and O–H groups in total. The van der Waals surface area contributed by atoms with Crippen molar-refractivity contribution in [2.24, 2.45) is 0 Å². The minimum Gasteiger partial charge on any atom is -0.465 e. The van der Waals surface area contributed by atoms with Crippen LogP contribution in [0, 0.1) is 6.92 Å². The number of methoxy groups -OCH3 is 1. The van der Waals surface area contributed by atoms with E-state index in [0.717, 1.165) is 17.9 Å². The molecule has 6 nitrogen and oxygen atoms in total. The third-order valence-electron chi connectivity index (χ3n) is 4.09. The fourth-order valence-corrected chi connectivity index (χ4v) is 2.74. The van der Waals surface area contributed by atoms with Gasteiger partial charge in [0.05, 0.1) is 12.7 Å². The van der Waals surface area contributed by atoms with Crippen LogP contribution in [0.15, 0.2) is 60.8 Å². The largest absolute Gasteiger partial charge is 0.465 e. The van der Waals surface area contributed by atoms with Crippen molar-refractivity contribution in [2.75, 3.05) is 23.9 Å². The maximum atomic E-state index is 11.5. The number of carbonyl (C=O) groups excluding carboxylic acids is 1. The van der Waals surface area contributed by atoms with E-state index in [9.17, 15) is 4.79 Å². The maximum Gasteiger partial charge on any atom is 0.337 e. The normalized spacial score (nSPS) is 10.3. The predicted molar refractivity (Wildman–Crippen MR) is 107 cm³/mol. The average Bonchev–Trinajstić information content (AvgIpc) is 2.69. The Bertz CT molecular complexity index is 925. The molecule has 3 rings (SSSR count). The molecule has 0 fully saturated rings. The van der Waals surface area contributed by atoms with Crippen molar-refractivity contribution >= 4 is 29.1 Å². The van der Waals surface area contributed by atoms with Crippen molar-refractivity contribution in [3.8, 4) is 0 Å². The standard InChI is InChI=1S/C21H22N4O2/c1-4-25(18-7-5-6-15(2)14-18)21-22-13-12-19(24-21)23-17-10-8-16(9-11-17)20(26)27-3/h5-14H,4H2,1-3H3,(H,22,23,24). The van der Waals surface area contributed by atoms with E-state index in [1.165, 1.54) is 12.7 Å². The summed E-state index contributed by atoms with van der Waals surface area (Å²) in [6.45, 7) is 4.88. The molecule has 0 aliphatic rings. The van der Waals surface area contributed by atoms with Crippen LogP contribution in [0.25, 0.3) is 0 Å². The van der Waals surface area contributed by atoms with E-state index in [1.54, 1.807) is 18.3 Å². The fraction of sp³-hybridized carbons (Fsp3) is 0.190. The molecule has 138 valence electrons. The number of nitrogens with zero attached hydrogens (tertiary/aromatic N) is 3. The van der Waals surface area contributed by atoms with Crippen molar-refractivity contribution in [3.63, 3.8) is 0 Å². The summed E-state index contributed by atoms with van der Waals surface area (Å²) in [5.41, 5.74) is 3.57. The van der Waals surface area contributed by atoms with Crippen LogP contribution in [0.3, 0.4) is 0 Å². The third kappa shape index (κ3) is 4.41. The summed E-state index contributed by atoms with van der Waals surface area (Å²) in [5, 5.41) is 3.24. The van der Waals surface area contributed by atoms with Gasteiger partial charge in [-0.05, 0) is 61.9 Å². The van der Waals surface area contributed by atoms with Crippen LogP contribution in [0.2, 0.25) is 0 Å². The van der Waals surface area contributed by atoms with Gasteiger partial charge in [-0.1, -0.05) is 12.1 Å². The molecule has 0 saturated carbocycles. The number of nitrogens with one attached hydrogen (secondary N) is 1. The molecule has 0 atom stereocenters. The number of benzene rings is 2. The number of carbonyl (C=O) groups is 1. The van der Waals surface area contributed by atoms with Crippen LogP contribution in [-0.4, -0.2) is 29.6 Å². The molecule has 0 saturated heterocycles. The van der Waals surface area contributed by atoms with E-state index in [2.05, 4.69) is 46.2 Å². The number of aryl methyl sites for hydroxylation is 1. The lowest BCUT2D eigenvalue weighted by Gasteiger charge is -2.21. The fourth-order valence-electron chi connectivity index (χ4n) is 2.74. The minimum absolute atomic E-state index is 0.359. The molecule has 1 heterocycles. The van der Waals surface area contributed by atoms with Gasteiger partial charge in [-0.3, -0.25) is 0 Å². The molecule has 2 aromatic carbocycles. The van der Waals surface area contributed by atoms with E-state index in [1.807, 2.05) is 30.3 Å². The molecular formula is C21H22N4O2. The highest BCUT2D eigenvalue weighted by atomic mass is 16.5. The van der Waals surface area contributed by atoms with Crippen LogP contribution >= 0.6 is 0 Å². The van der Waals surface area contributed by atoms with Gasteiger partial charge < -0.3 is 15.0 Å². The van der Waals surface area contributed by atoms with Gasteiger partial charge in [-0.25, -0.2) is 9.78 Å². The zero-order chi connectivity index (χ0) is 19.2. The lowest BCUT2D eigenvalue weighted by molar-refractivity contribution is 0.0601. The number of hydrogen-bond acceptors (Lipinski definition) is 6. The summed E-state index contributed by atoms with van der Waals surface area (Å²) in [6.07, 6.45) is 1.73.